The number of nitrogens with one attached hydrogen (secondary N) is 1. The average molecular weight is 461 g/mol. The third-order valence-corrected chi connectivity index (χ3v) is 5.30. The highest BCUT2D eigenvalue weighted by Crippen LogP contribution is 2.22. The Kier molecular flexibility index (Phi) is 9.20. The minimum atomic E-state index is -0.435. The van der Waals surface area contributed by atoms with E-state index in [4.69, 9.17) is 10.5 Å². The molecular formula is C27H32N4O3. The highest BCUT2D eigenvalue weighted by Gasteiger charge is 2.12. The highest BCUT2D eigenvalue weighted by atomic mass is 16.5. The number of primary amides is 1. The third-order valence-electron chi connectivity index (χ3n) is 5.30. The fraction of sp³-hybridized carbons (Fsp3) is 0.259. The fourth-order valence-corrected chi connectivity index (χ4v) is 3.37. The first-order valence-electron chi connectivity index (χ1n) is 11.3. The van der Waals surface area contributed by atoms with Gasteiger partial charge in [0.2, 0.25) is 11.8 Å². The first-order chi connectivity index (χ1) is 16.4. The number of carbonyl (C=O) groups excluding carboxylic acids is 2. The monoisotopic (exact) mass is 460 g/mol. The molecule has 0 bridgehead atoms. The molecule has 3 N–H and O–H groups in total. The maximum atomic E-state index is 12.7. The summed E-state index contributed by atoms with van der Waals surface area (Å²) in [6.45, 7) is 2.62. The van der Waals surface area contributed by atoms with E-state index in [1.165, 1.54) is 0 Å². The summed E-state index contributed by atoms with van der Waals surface area (Å²) in [6, 6.07) is 24.2. The standard InChI is InChI=1S/C27H32N4O3/c1-30(2)18-19-31(17-16-21-8-10-22(11-9-21)27(28)33)20-26(32)29-23-12-14-25(15-13-23)34-24-6-4-3-5-7-24/h3-15H,16-20H2,1-2H3,(H2,28,33)(H,29,32). The number of hydrogen-bond acceptors (Lipinski definition) is 5. The van der Waals surface area contributed by atoms with Crippen molar-refractivity contribution in [2.45, 2.75) is 6.42 Å². The summed E-state index contributed by atoms with van der Waals surface area (Å²) in [6.07, 6.45) is 0.769. The van der Waals surface area contributed by atoms with Gasteiger partial charge in [-0.05, 0) is 74.6 Å². The number of nitrogens with two attached hydrogens (primary N) is 1. The molecule has 3 aromatic carbocycles. The van der Waals surface area contributed by atoms with Gasteiger partial charge in [0.15, 0.2) is 0 Å². The van der Waals surface area contributed by atoms with Crippen molar-refractivity contribution in [2.75, 3.05) is 45.6 Å². The van der Waals surface area contributed by atoms with Crippen LogP contribution >= 0.6 is 0 Å². The summed E-state index contributed by atoms with van der Waals surface area (Å²) in [7, 11) is 4.03. The molecule has 0 heterocycles. The second-order valence-electron chi connectivity index (χ2n) is 8.38. The summed E-state index contributed by atoms with van der Waals surface area (Å²) in [4.78, 5) is 28.2. The number of rotatable bonds is 12. The van der Waals surface area contributed by atoms with Crippen LogP contribution in [0.3, 0.4) is 0 Å². The molecule has 3 rings (SSSR count). The van der Waals surface area contributed by atoms with E-state index in [1.807, 2.05) is 80.8 Å². The van der Waals surface area contributed by atoms with Crippen molar-refractivity contribution in [3.8, 4) is 11.5 Å². The van der Waals surface area contributed by atoms with Crippen LogP contribution < -0.4 is 15.8 Å². The number of nitrogens with zero attached hydrogens (tertiary/aromatic N) is 2. The molecule has 3 aromatic rings. The zero-order chi connectivity index (χ0) is 24.3. The van der Waals surface area contributed by atoms with Crippen LogP contribution in [0.1, 0.15) is 15.9 Å². The molecule has 0 fully saturated rings. The lowest BCUT2D eigenvalue weighted by atomic mass is 10.1. The Labute approximate surface area is 201 Å². The van der Waals surface area contributed by atoms with Gasteiger partial charge in [-0.1, -0.05) is 30.3 Å². The second-order valence-corrected chi connectivity index (χ2v) is 8.38. The van der Waals surface area contributed by atoms with Crippen molar-refractivity contribution in [3.63, 3.8) is 0 Å². The van der Waals surface area contributed by atoms with Gasteiger partial charge in [-0.25, -0.2) is 0 Å². The van der Waals surface area contributed by atoms with Gasteiger partial charge in [-0.3, -0.25) is 14.5 Å². The van der Waals surface area contributed by atoms with E-state index in [9.17, 15) is 9.59 Å². The molecule has 0 atom stereocenters. The Morgan fingerprint density at radius 1 is 0.824 bits per heavy atom. The van der Waals surface area contributed by atoms with Gasteiger partial charge in [-0.2, -0.15) is 0 Å². The number of likely N-dealkylation sites (N-methyl/N-ethyl adjacent to an activating group) is 1. The van der Waals surface area contributed by atoms with Gasteiger partial charge in [0, 0.05) is 30.9 Å². The number of anilines is 1. The largest absolute Gasteiger partial charge is 0.457 e. The molecule has 0 saturated heterocycles. The molecule has 34 heavy (non-hydrogen) atoms. The van der Waals surface area contributed by atoms with Crippen LogP contribution in [0.25, 0.3) is 0 Å². The first-order valence-corrected chi connectivity index (χ1v) is 11.3. The van der Waals surface area contributed by atoms with E-state index in [-0.39, 0.29) is 12.5 Å². The molecule has 0 aliphatic rings. The third kappa shape index (κ3) is 8.35. The van der Waals surface area contributed by atoms with E-state index in [1.54, 1.807) is 12.1 Å². The highest BCUT2D eigenvalue weighted by molar-refractivity contribution is 5.93. The maximum Gasteiger partial charge on any atom is 0.248 e. The quantitative estimate of drug-likeness (QED) is 0.431. The van der Waals surface area contributed by atoms with Crippen molar-refractivity contribution in [1.29, 1.82) is 0 Å². The van der Waals surface area contributed by atoms with Crippen molar-refractivity contribution in [3.05, 3.63) is 90.0 Å². The zero-order valence-electron chi connectivity index (χ0n) is 19.7. The lowest BCUT2D eigenvalue weighted by Crippen LogP contribution is -2.38. The smallest absolute Gasteiger partial charge is 0.248 e. The number of benzene rings is 3. The SMILES string of the molecule is CN(C)CCN(CCc1ccc(C(N)=O)cc1)CC(=O)Nc1ccc(Oc2ccccc2)cc1. The van der Waals surface area contributed by atoms with E-state index in [2.05, 4.69) is 15.1 Å². The van der Waals surface area contributed by atoms with Crippen LogP contribution in [-0.4, -0.2) is 61.9 Å². The lowest BCUT2D eigenvalue weighted by molar-refractivity contribution is -0.117. The van der Waals surface area contributed by atoms with Gasteiger partial charge < -0.3 is 20.7 Å². The topological polar surface area (TPSA) is 87.9 Å². The van der Waals surface area contributed by atoms with Crippen molar-refractivity contribution in [2.24, 2.45) is 5.73 Å². The summed E-state index contributed by atoms with van der Waals surface area (Å²) in [5, 5.41) is 2.97. The number of amides is 2. The molecule has 178 valence electrons. The number of para-hydroxylation sites is 1. The molecule has 0 spiro atoms. The van der Waals surface area contributed by atoms with Crippen LogP contribution in [0, 0.1) is 0 Å². The summed E-state index contributed by atoms with van der Waals surface area (Å²) >= 11 is 0. The normalized spacial score (nSPS) is 10.9. The van der Waals surface area contributed by atoms with E-state index >= 15 is 0 Å². The number of carbonyl (C=O) groups is 2. The summed E-state index contributed by atoms with van der Waals surface area (Å²) < 4.78 is 5.80. The zero-order valence-corrected chi connectivity index (χ0v) is 19.7. The molecule has 0 unspecified atom stereocenters. The van der Waals surface area contributed by atoms with Gasteiger partial charge in [0.25, 0.3) is 0 Å². The summed E-state index contributed by atoms with van der Waals surface area (Å²) in [5.74, 6) is 0.967. The Bertz CT molecular complexity index is 1050. The van der Waals surface area contributed by atoms with Crippen LogP contribution in [0.4, 0.5) is 5.69 Å². The van der Waals surface area contributed by atoms with Gasteiger partial charge in [-0.15, -0.1) is 0 Å². The second kappa shape index (κ2) is 12.5. The molecule has 0 aliphatic carbocycles. The molecule has 0 saturated carbocycles. The van der Waals surface area contributed by atoms with Crippen molar-refractivity contribution < 1.29 is 14.3 Å². The van der Waals surface area contributed by atoms with Crippen LogP contribution in [0.5, 0.6) is 11.5 Å². The maximum absolute atomic E-state index is 12.7. The molecule has 7 heteroatoms. The molecule has 0 aromatic heterocycles. The van der Waals surface area contributed by atoms with Gasteiger partial charge in [0.1, 0.15) is 11.5 Å². The van der Waals surface area contributed by atoms with Crippen LogP contribution in [0.2, 0.25) is 0 Å². The predicted octanol–water partition coefficient (Wildman–Crippen LogP) is 3.62. The minimum Gasteiger partial charge on any atom is -0.457 e. The van der Waals surface area contributed by atoms with Crippen LogP contribution in [-0.2, 0) is 11.2 Å². The molecule has 0 aliphatic heterocycles. The van der Waals surface area contributed by atoms with E-state index in [0.29, 0.717) is 11.3 Å². The van der Waals surface area contributed by atoms with Crippen molar-refractivity contribution >= 4 is 17.5 Å². The Morgan fingerprint density at radius 2 is 1.47 bits per heavy atom. The lowest BCUT2D eigenvalue weighted by Gasteiger charge is -2.23. The van der Waals surface area contributed by atoms with Gasteiger partial charge in [0.05, 0.1) is 6.54 Å². The Morgan fingerprint density at radius 3 is 2.09 bits per heavy atom. The average Bonchev–Trinajstić information content (AvgIpc) is 2.83. The molecular weight excluding hydrogens is 428 g/mol. The molecule has 7 nitrogen and oxygen atoms in total. The van der Waals surface area contributed by atoms with E-state index in [0.717, 1.165) is 43.1 Å². The minimum absolute atomic E-state index is 0.0699. The Balaban J connectivity index is 1.54. The van der Waals surface area contributed by atoms with E-state index < -0.39 is 5.91 Å². The van der Waals surface area contributed by atoms with Crippen LogP contribution in [0.15, 0.2) is 78.9 Å². The summed E-state index contributed by atoms with van der Waals surface area (Å²) in [5.41, 5.74) is 7.62. The number of hydrogen-bond donors (Lipinski definition) is 2. The molecule has 2 amide bonds. The molecule has 0 radical (unpaired) electrons. The number of ether oxygens (including phenoxy) is 1. The fourth-order valence-electron chi connectivity index (χ4n) is 3.37. The van der Waals surface area contributed by atoms with Gasteiger partial charge >= 0.3 is 0 Å². The van der Waals surface area contributed by atoms with Crippen molar-refractivity contribution in [1.82, 2.24) is 9.80 Å². The first kappa shape index (κ1) is 25.0. The predicted molar refractivity (Wildman–Crippen MR) is 135 cm³/mol. The Hall–Kier alpha value is -3.68.